The molecule has 0 aliphatic carbocycles. The molecule has 1 aromatic rings. The van der Waals surface area contributed by atoms with Crippen LogP contribution in [0.1, 0.15) is 24.2 Å². The van der Waals surface area contributed by atoms with Crippen molar-refractivity contribution in [1.29, 1.82) is 0 Å². The van der Waals surface area contributed by atoms with Crippen LogP contribution in [0.3, 0.4) is 0 Å². The maximum absolute atomic E-state index is 5.40. The Labute approximate surface area is 102 Å². The van der Waals surface area contributed by atoms with Crippen LogP contribution in [0.25, 0.3) is 0 Å². The lowest BCUT2D eigenvalue weighted by Crippen LogP contribution is -2.14. The molecular weight excluding hydrogens is 218 g/mol. The van der Waals surface area contributed by atoms with Crippen LogP contribution in [-0.4, -0.2) is 30.2 Å². The highest BCUT2D eigenvalue weighted by molar-refractivity contribution is 5.56. The molecule has 6 heteroatoms. The van der Waals surface area contributed by atoms with Crippen LogP contribution in [0.4, 0.5) is 11.6 Å². The summed E-state index contributed by atoms with van der Waals surface area (Å²) in [5.74, 6) is 7.60. The first-order chi connectivity index (χ1) is 8.19. The molecule has 0 fully saturated rings. The summed E-state index contributed by atoms with van der Waals surface area (Å²) >= 11 is 0. The predicted octanol–water partition coefficient (Wildman–Crippen LogP) is 1.22. The lowest BCUT2D eigenvalue weighted by Gasteiger charge is -2.12. The lowest BCUT2D eigenvalue weighted by molar-refractivity contribution is 0.194. The molecule has 0 amide bonds. The topological polar surface area (TPSA) is 85.1 Å². The summed E-state index contributed by atoms with van der Waals surface area (Å²) < 4.78 is 4.99. The fourth-order valence-electron chi connectivity index (χ4n) is 1.52. The second-order valence-electron chi connectivity index (χ2n) is 3.86. The number of nitrogens with one attached hydrogen (secondary N) is 2. The van der Waals surface area contributed by atoms with Crippen LogP contribution in [0.2, 0.25) is 0 Å². The third-order valence-electron chi connectivity index (χ3n) is 2.46. The number of hydrogen-bond donors (Lipinski definition) is 3. The summed E-state index contributed by atoms with van der Waals surface area (Å²) in [6.45, 7) is 5.44. The summed E-state index contributed by atoms with van der Waals surface area (Å²) in [6, 6.07) is 0. The molecule has 0 saturated heterocycles. The maximum Gasteiger partial charge on any atom is 0.148 e. The Hall–Kier alpha value is -1.40. The van der Waals surface area contributed by atoms with E-state index in [9.17, 15) is 0 Å². The summed E-state index contributed by atoms with van der Waals surface area (Å²) in [5, 5.41) is 3.29. The van der Waals surface area contributed by atoms with Gasteiger partial charge in [0, 0.05) is 25.8 Å². The fraction of sp³-hybridized carbons (Fsp3) is 0.636. The van der Waals surface area contributed by atoms with E-state index in [0.717, 1.165) is 37.4 Å². The van der Waals surface area contributed by atoms with Crippen molar-refractivity contribution < 1.29 is 4.74 Å². The van der Waals surface area contributed by atoms with Crippen molar-refractivity contribution in [2.24, 2.45) is 5.84 Å². The van der Waals surface area contributed by atoms with E-state index >= 15 is 0 Å². The number of aryl methyl sites for hydroxylation is 1. The van der Waals surface area contributed by atoms with Crippen LogP contribution in [0, 0.1) is 13.8 Å². The second-order valence-corrected chi connectivity index (χ2v) is 3.86. The van der Waals surface area contributed by atoms with E-state index in [1.165, 1.54) is 0 Å². The number of nitrogens with zero attached hydrogens (tertiary/aromatic N) is 2. The van der Waals surface area contributed by atoms with Crippen molar-refractivity contribution in [3.63, 3.8) is 0 Å². The molecule has 96 valence electrons. The Morgan fingerprint density at radius 3 is 2.53 bits per heavy atom. The average Bonchev–Trinajstić information content (AvgIpc) is 2.32. The minimum Gasteiger partial charge on any atom is -0.385 e. The van der Waals surface area contributed by atoms with Gasteiger partial charge >= 0.3 is 0 Å². The Morgan fingerprint density at radius 1 is 1.18 bits per heavy atom. The third kappa shape index (κ3) is 4.16. The van der Waals surface area contributed by atoms with Gasteiger partial charge in [0.2, 0.25) is 0 Å². The number of nitrogen functional groups attached to an aromatic ring is 1. The molecule has 0 atom stereocenters. The number of rotatable bonds is 7. The molecule has 0 unspecified atom stereocenters. The average molecular weight is 239 g/mol. The van der Waals surface area contributed by atoms with E-state index in [4.69, 9.17) is 10.6 Å². The molecule has 4 N–H and O–H groups in total. The third-order valence-corrected chi connectivity index (χ3v) is 2.46. The van der Waals surface area contributed by atoms with E-state index in [2.05, 4.69) is 20.7 Å². The highest BCUT2D eigenvalue weighted by Gasteiger charge is 2.07. The number of hydrazine groups is 1. The molecule has 0 saturated carbocycles. The normalized spacial score (nSPS) is 10.4. The van der Waals surface area contributed by atoms with Crippen LogP contribution in [0.5, 0.6) is 0 Å². The number of nitrogens with two attached hydrogens (primary N) is 1. The van der Waals surface area contributed by atoms with Crippen LogP contribution >= 0.6 is 0 Å². The van der Waals surface area contributed by atoms with Crippen molar-refractivity contribution >= 4 is 11.6 Å². The van der Waals surface area contributed by atoms with Crippen molar-refractivity contribution in [2.45, 2.75) is 26.7 Å². The van der Waals surface area contributed by atoms with Gasteiger partial charge in [-0.05, 0) is 26.7 Å². The molecule has 6 nitrogen and oxygen atoms in total. The molecule has 0 aliphatic rings. The first-order valence-electron chi connectivity index (χ1n) is 5.73. The molecule has 0 bridgehead atoms. The number of aromatic nitrogens is 2. The van der Waals surface area contributed by atoms with E-state index in [1.807, 2.05) is 13.8 Å². The molecule has 1 heterocycles. The Bertz CT molecular complexity index is 356. The zero-order chi connectivity index (χ0) is 12.7. The van der Waals surface area contributed by atoms with Crippen molar-refractivity contribution in [3.8, 4) is 0 Å². The number of unbranched alkanes of at least 4 members (excludes halogenated alkanes) is 1. The number of methoxy groups -OCH3 is 1. The standard InChI is InChI=1S/C11H21N5O/c1-8-10(13-6-4-5-7-17-3)14-9(2)15-11(8)16-12/h4-7,12H2,1-3H3,(H2,13,14,15,16). The number of ether oxygens (including phenoxy) is 1. The first kappa shape index (κ1) is 13.7. The number of hydrogen-bond acceptors (Lipinski definition) is 6. The fourth-order valence-corrected chi connectivity index (χ4v) is 1.52. The maximum atomic E-state index is 5.40. The molecule has 17 heavy (non-hydrogen) atoms. The lowest BCUT2D eigenvalue weighted by atomic mass is 10.3. The zero-order valence-electron chi connectivity index (χ0n) is 10.7. The SMILES string of the molecule is COCCCCNc1nc(C)nc(NN)c1C. The van der Waals surface area contributed by atoms with Gasteiger partial charge in [0.15, 0.2) is 0 Å². The minimum atomic E-state index is 0.664. The van der Waals surface area contributed by atoms with Gasteiger partial charge in [-0.3, -0.25) is 0 Å². The Balaban J connectivity index is 2.55. The predicted molar refractivity (Wildman–Crippen MR) is 68.9 cm³/mol. The summed E-state index contributed by atoms with van der Waals surface area (Å²) in [5.41, 5.74) is 3.51. The smallest absolute Gasteiger partial charge is 0.148 e. The minimum absolute atomic E-state index is 0.664. The van der Waals surface area contributed by atoms with Gasteiger partial charge in [0.1, 0.15) is 17.5 Å². The number of anilines is 2. The van der Waals surface area contributed by atoms with E-state index in [0.29, 0.717) is 11.6 Å². The summed E-state index contributed by atoms with van der Waals surface area (Å²) in [7, 11) is 1.71. The molecule has 1 rings (SSSR count). The van der Waals surface area contributed by atoms with E-state index in [-0.39, 0.29) is 0 Å². The Kier molecular flexibility index (Phi) is 5.65. The molecule has 0 radical (unpaired) electrons. The zero-order valence-corrected chi connectivity index (χ0v) is 10.7. The molecule has 1 aromatic heterocycles. The van der Waals surface area contributed by atoms with Gasteiger partial charge < -0.3 is 15.5 Å². The van der Waals surface area contributed by atoms with Gasteiger partial charge in [0.25, 0.3) is 0 Å². The first-order valence-corrected chi connectivity index (χ1v) is 5.73. The van der Waals surface area contributed by atoms with Gasteiger partial charge in [-0.15, -0.1) is 0 Å². The van der Waals surface area contributed by atoms with Crippen LogP contribution in [0.15, 0.2) is 0 Å². The monoisotopic (exact) mass is 239 g/mol. The van der Waals surface area contributed by atoms with Crippen molar-refractivity contribution in [2.75, 3.05) is 31.0 Å². The summed E-state index contributed by atoms with van der Waals surface area (Å²) in [4.78, 5) is 8.55. The molecule has 0 spiro atoms. The van der Waals surface area contributed by atoms with E-state index in [1.54, 1.807) is 7.11 Å². The largest absolute Gasteiger partial charge is 0.385 e. The van der Waals surface area contributed by atoms with Gasteiger partial charge in [-0.2, -0.15) is 0 Å². The van der Waals surface area contributed by atoms with Gasteiger partial charge in [-0.1, -0.05) is 0 Å². The molecular formula is C11H21N5O. The second kappa shape index (κ2) is 7.03. The van der Waals surface area contributed by atoms with Crippen LogP contribution in [-0.2, 0) is 4.74 Å². The van der Waals surface area contributed by atoms with Crippen molar-refractivity contribution in [3.05, 3.63) is 11.4 Å². The molecule has 0 aromatic carbocycles. The van der Waals surface area contributed by atoms with Crippen molar-refractivity contribution in [1.82, 2.24) is 9.97 Å². The summed E-state index contributed by atoms with van der Waals surface area (Å²) in [6.07, 6.45) is 2.08. The quantitative estimate of drug-likeness (QED) is 0.377. The highest BCUT2D eigenvalue weighted by Crippen LogP contribution is 2.18. The Morgan fingerprint density at radius 2 is 1.88 bits per heavy atom. The van der Waals surface area contributed by atoms with Gasteiger partial charge in [-0.25, -0.2) is 15.8 Å². The highest BCUT2D eigenvalue weighted by atomic mass is 16.5. The van der Waals surface area contributed by atoms with Crippen LogP contribution < -0.4 is 16.6 Å². The molecule has 0 aliphatic heterocycles. The van der Waals surface area contributed by atoms with Gasteiger partial charge in [0.05, 0.1) is 0 Å². The van der Waals surface area contributed by atoms with E-state index < -0.39 is 0 Å².